The molecule has 1 N–H and O–H groups in total. The van der Waals surface area contributed by atoms with E-state index in [-0.39, 0.29) is 11.2 Å². The molecule has 0 saturated heterocycles. The molecule has 7 heteroatoms. The van der Waals surface area contributed by atoms with Crippen molar-refractivity contribution < 1.29 is 4.79 Å². The largest absolute Gasteiger partial charge is 0.352 e. The van der Waals surface area contributed by atoms with Crippen molar-refractivity contribution >= 4 is 40.8 Å². The number of unbranched alkanes of at least 4 members (excludes halogenated alkanes) is 1. The molecule has 0 unspecified atom stereocenters. The highest BCUT2D eigenvalue weighted by molar-refractivity contribution is 8.03. The van der Waals surface area contributed by atoms with E-state index in [1.54, 1.807) is 23.1 Å². The van der Waals surface area contributed by atoms with Gasteiger partial charge >= 0.3 is 0 Å². The van der Waals surface area contributed by atoms with Gasteiger partial charge in [0.05, 0.1) is 0 Å². The Kier molecular flexibility index (Phi) is 6.57. The maximum Gasteiger partial charge on any atom is 0.238 e. The molecule has 1 aliphatic rings. The first-order chi connectivity index (χ1) is 11.8. The summed E-state index contributed by atoms with van der Waals surface area (Å²) in [5, 5.41) is 11.4. The van der Waals surface area contributed by atoms with Gasteiger partial charge in [-0.05, 0) is 24.8 Å². The summed E-state index contributed by atoms with van der Waals surface area (Å²) in [7, 11) is 0. The van der Waals surface area contributed by atoms with Crippen LogP contribution >= 0.6 is 34.9 Å². The number of amides is 1. The molecule has 2 aromatic rings. The summed E-state index contributed by atoms with van der Waals surface area (Å²) in [5.74, 6) is 1.14. The second kappa shape index (κ2) is 8.87. The van der Waals surface area contributed by atoms with Crippen LogP contribution < -0.4 is 5.32 Å². The van der Waals surface area contributed by atoms with Crippen molar-refractivity contribution in [2.75, 3.05) is 5.75 Å². The lowest BCUT2D eigenvalue weighted by atomic mass is 10.1. The Morgan fingerprint density at radius 2 is 2.04 bits per heavy atom. The SMILES string of the molecule is CCCCSc1nnc(S[C@@H](C(=O)NC2CC2)c2ccccc2)s1. The standard InChI is InChI=1S/C17H21N3OS3/c1-2-3-11-22-16-19-20-17(24-16)23-14(12-7-5-4-6-8-12)15(21)18-13-9-10-13/h4-8,13-14H,2-3,9-11H2,1H3,(H,18,21)/t14-/m1/s1. The van der Waals surface area contributed by atoms with Crippen molar-refractivity contribution in [3.05, 3.63) is 35.9 Å². The van der Waals surface area contributed by atoms with Gasteiger partial charge in [0, 0.05) is 11.8 Å². The lowest BCUT2D eigenvalue weighted by Crippen LogP contribution is -2.29. The second-order valence-corrected chi connectivity index (χ2v) is 9.40. The molecule has 128 valence electrons. The summed E-state index contributed by atoms with van der Waals surface area (Å²) in [6.45, 7) is 2.19. The minimum Gasteiger partial charge on any atom is -0.352 e. The van der Waals surface area contributed by atoms with Crippen LogP contribution in [0.5, 0.6) is 0 Å². The summed E-state index contributed by atoms with van der Waals surface area (Å²) in [5.41, 5.74) is 1.01. The Bertz CT molecular complexity index is 658. The van der Waals surface area contributed by atoms with Gasteiger partial charge in [0.25, 0.3) is 0 Å². The third kappa shape index (κ3) is 5.22. The fourth-order valence-electron chi connectivity index (χ4n) is 2.11. The lowest BCUT2D eigenvalue weighted by molar-refractivity contribution is -0.120. The third-order valence-corrected chi connectivity index (χ3v) is 7.08. The van der Waals surface area contributed by atoms with E-state index >= 15 is 0 Å². The van der Waals surface area contributed by atoms with Gasteiger partial charge in [-0.25, -0.2) is 0 Å². The zero-order chi connectivity index (χ0) is 16.8. The van der Waals surface area contributed by atoms with Crippen molar-refractivity contribution in [3.63, 3.8) is 0 Å². The summed E-state index contributed by atoms with van der Waals surface area (Å²) < 4.78 is 1.84. The molecule has 0 bridgehead atoms. The van der Waals surface area contributed by atoms with Crippen LogP contribution in [-0.2, 0) is 4.79 Å². The van der Waals surface area contributed by atoms with Crippen molar-refractivity contribution in [1.29, 1.82) is 0 Å². The highest BCUT2D eigenvalue weighted by atomic mass is 32.2. The summed E-state index contributed by atoms with van der Waals surface area (Å²) in [4.78, 5) is 12.6. The molecule has 1 heterocycles. The maximum atomic E-state index is 12.6. The van der Waals surface area contributed by atoms with Crippen LogP contribution in [0.25, 0.3) is 0 Å². The zero-order valence-electron chi connectivity index (χ0n) is 13.6. The minimum absolute atomic E-state index is 0.0732. The highest BCUT2D eigenvalue weighted by Crippen LogP contribution is 2.39. The van der Waals surface area contributed by atoms with E-state index in [1.165, 1.54) is 24.6 Å². The van der Waals surface area contributed by atoms with Crippen LogP contribution in [0.2, 0.25) is 0 Å². The molecule has 0 spiro atoms. The quantitative estimate of drug-likeness (QED) is 0.512. The van der Waals surface area contributed by atoms with E-state index in [4.69, 9.17) is 0 Å². The van der Waals surface area contributed by atoms with Gasteiger partial charge in [-0.2, -0.15) is 0 Å². The van der Waals surface area contributed by atoms with E-state index in [9.17, 15) is 4.79 Å². The third-order valence-electron chi connectivity index (χ3n) is 3.59. The topological polar surface area (TPSA) is 54.9 Å². The van der Waals surface area contributed by atoms with Crippen LogP contribution in [-0.4, -0.2) is 27.9 Å². The van der Waals surface area contributed by atoms with Crippen LogP contribution in [0.3, 0.4) is 0 Å². The van der Waals surface area contributed by atoms with E-state index in [1.807, 2.05) is 30.3 Å². The molecule has 3 rings (SSSR count). The van der Waals surface area contributed by atoms with E-state index in [2.05, 4.69) is 22.4 Å². The molecule has 24 heavy (non-hydrogen) atoms. The minimum atomic E-state index is -0.270. The molecule has 1 aliphatic carbocycles. The van der Waals surface area contributed by atoms with Gasteiger partial charge < -0.3 is 5.32 Å². The molecule has 0 radical (unpaired) electrons. The van der Waals surface area contributed by atoms with E-state index < -0.39 is 0 Å². The number of rotatable bonds is 9. The molecule has 1 fully saturated rings. The van der Waals surface area contributed by atoms with Crippen molar-refractivity contribution in [1.82, 2.24) is 15.5 Å². The van der Waals surface area contributed by atoms with Crippen LogP contribution in [0, 0.1) is 0 Å². The van der Waals surface area contributed by atoms with Gasteiger partial charge in [-0.3, -0.25) is 4.79 Å². The summed E-state index contributed by atoms with van der Waals surface area (Å²) in [6.07, 6.45) is 4.55. The predicted molar refractivity (Wildman–Crippen MR) is 102 cm³/mol. The smallest absolute Gasteiger partial charge is 0.238 e. The van der Waals surface area contributed by atoms with Gasteiger partial charge in [0.1, 0.15) is 5.25 Å². The lowest BCUT2D eigenvalue weighted by Gasteiger charge is -2.15. The van der Waals surface area contributed by atoms with E-state index in [0.717, 1.165) is 32.8 Å². The Morgan fingerprint density at radius 1 is 1.29 bits per heavy atom. The number of benzene rings is 1. The molecule has 4 nitrogen and oxygen atoms in total. The van der Waals surface area contributed by atoms with E-state index in [0.29, 0.717) is 6.04 Å². The molecule has 1 saturated carbocycles. The predicted octanol–water partition coefficient (Wildman–Crippen LogP) is 4.54. The first kappa shape index (κ1) is 17.8. The van der Waals surface area contributed by atoms with Crippen LogP contribution in [0.15, 0.2) is 39.0 Å². The Labute approximate surface area is 155 Å². The van der Waals surface area contributed by atoms with Gasteiger partial charge in [-0.1, -0.05) is 78.5 Å². The Morgan fingerprint density at radius 3 is 2.75 bits per heavy atom. The molecule has 1 aromatic heterocycles. The number of nitrogens with zero attached hydrogens (tertiary/aromatic N) is 2. The van der Waals surface area contributed by atoms with Crippen molar-refractivity contribution in [2.45, 2.75) is 52.6 Å². The molecule has 0 aliphatic heterocycles. The monoisotopic (exact) mass is 379 g/mol. The van der Waals surface area contributed by atoms with Gasteiger partial charge in [0.15, 0.2) is 8.68 Å². The average Bonchev–Trinajstić information content (AvgIpc) is 3.30. The van der Waals surface area contributed by atoms with Crippen LogP contribution in [0.1, 0.15) is 43.4 Å². The molecule has 1 amide bonds. The van der Waals surface area contributed by atoms with Crippen LogP contribution in [0.4, 0.5) is 0 Å². The first-order valence-corrected chi connectivity index (χ1v) is 10.9. The molecule has 1 atom stereocenters. The number of hydrogen-bond donors (Lipinski definition) is 1. The first-order valence-electron chi connectivity index (χ1n) is 8.24. The van der Waals surface area contributed by atoms with Crippen molar-refractivity contribution in [3.8, 4) is 0 Å². The number of carbonyl (C=O) groups excluding carboxylic acids is 1. The number of aromatic nitrogens is 2. The number of carbonyl (C=O) groups is 1. The summed E-state index contributed by atoms with van der Waals surface area (Å²) in [6, 6.07) is 10.3. The highest BCUT2D eigenvalue weighted by Gasteiger charge is 2.29. The number of hydrogen-bond acceptors (Lipinski definition) is 6. The Balaban J connectivity index is 1.68. The van der Waals surface area contributed by atoms with Crippen molar-refractivity contribution in [2.24, 2.45) is 0 Å². The van der Waals surface area contributed by atoms with Gasteiger partial charge in [0.2, 0.25) is 5.91 Å². The fraction of sp³-hybridized carbons (Fsp3) is 0.471. The maximum absolute atomic E-state index is 12.6. The zero-order valence-corrected chi connectivity index (χ0v) is 16.1. The second-order valence-electron chi connectivity index (χ2n) is 5.73. The average molecular weight is 380 g/mol. The Hall–Kier alpha value is -1.05. The summed E-state index contributed by atoms with van der Waals surface area (Å²) >= 11 is 4.83. The molecular formula is C17H21N3OS3. The fourth-order valence-corrected chi connectivity index (χ4v) is 5.49. The number of nitrogens with one attached hydrogen (secondary N) is 1. The normalized spacial score (nSPS) is 15.2. The number of thioether (sulfide) groups is 2. The molecular weight excluding hydrogens is 358 g/mol. The van der Waals surface area contributed by atoms with Gasteiger partial charge in [-0.15, -0.1) is 10.2 Å². The molecule has 1 aromatic carbocycles.